The van der Waals surface area contributed by atoms with Gasteiger partial charge in [0.2, 0.25) is 0 Å². The van der Waals surface area contributed by atoms with Crippen molar-refractivity contribution in [2.75, 3.05) is 11.5 Å². The Morgan fingerprint density at radius 2 is 1.67 bits per heavy atom. The third-order valence-corrected chi connectivity index (χ3v) is 5.32. The van der Waals surface area contributed by atoms with Gasteiger partial charge in [0.1, 0.15) is 30.3 Å². The van der Waals surface area contributed by atoms with Gasteiger partial charge in [-0.25, -0.2) is 9.18 Å². The van der Waals surface area contributed by atoms with Crippen molar-refractivity contribution < 1.29 is 23.4 Å². The van der Waals surface area contributed by atoms with E-state index in [1.165, 1.54) is 12.1 Å². The van der Waals surface area contributed by atoms with Gasteiger partial charge >= 0.3 is 6.09 Å². The van der Waals surface area contributed by atoms with Crippen LogP contribution in [0.3, 0.4) is 0 Å². The summed E-state index contributed by atoms with van der Waals surface area (Å²) < 4.78 is 30.3. The molecule has 5 rings (SSSR count). The molecule has 152 valence electrons. The van der Waals surface area contributed by atoms with Crippen LogP contribution < -0.4 is 9.64 Å². The minimum atomic E-state index is -0.462. The number of rotatable bonds is 6. The molecule has 0 saturated carbocycles. The zero-order valence-corrected chi connectivity index (χ0v) is 16.1. The predicted octanol–water partition coefficient (Wildman–Crippen LogP) is 4.87. The molecule has 3 aromatic rings. The molecule has 5 nitrogen and oxygen atoms in total. The molecule has 1 amide bonds. The first kappa shape index (κ1) is 18.6. The fraction of sp³-hybridized carbons (Fsp3) is 0.208. The molecule has 0 radical (unpaired) electrons. The number of amides is 1. The highest BCUT2D eigenvalue weighted by Gasteiger charge is 2.51. The number of hydrogen-bond donors (Lipinski definition) is 0. The van der Waals surface area contributed by atoms with Gasteiger partial charge in [-0.2, -0.15) is 0 Å². The van der Waals surface area contributed by atoms with Crippen LogP contribution in [0.4, 0.5) is 14.9 Å². The van der Waals surface area contributed by atoms with Gasteiger partial charge in [-0.1, -0.05) is 42.5 Å². The molecule has 3 unspecified atom stereocenters. The number of cyclic esters (lactones) is 1. The first-order valence-electron chi connectivity index (χ1n) is 9.83. The number of hydrogen-bond acceptors (Lipinski definition) is 4. The monoisotopic (exact) mass is 405 g/mol. The molecular weight excluding hydrogens is 385 g/mol. The molecular formula is C24H20FNO4. The van der Waals surface area contributed by atoms with Gasteiger partial charge in [-0.3, -0.25) is 4.90 Å². The molecule has 2 aliphatic heterocycles. The largest absolute Gasteiger partial charge is 0.489 e. The Bertz CT molecular complexity index is 1020. The maximum absolute atomic E-state index is 13.4. The van der Waals surface area contributed by atoms with E-state index in [1.54, 1.807) is 17.0 Å². The molecule has 2 aliphatic rings. The SMILES string of the molecule is O=C1OC(C2CO2)C(c2ccc(OCc3ccccc3)cc2)N1c1ccc(F)cc1. The summed E-state index contributed by atoms with van der Waals surface area (Å²) in [5.41, 5.74) is 2.57. The summed E-state index contributed by atoms with van der Waals surface area (Å²) in [5.74, 6) is 0.380. The number of anilines is 1. The third-order valence-electron chi connectivity index (χ3n) is 5.32. The summed E-state index contributed by atoms with van der Waals surface area (Å²) in [4.78, 5) is 14.2. The Morgan fingerprint density at radius 1 is 0.967 bits per heavy atom. The lowest BCUT2D eigenvalue weighted by Crippen LogP contribution is -2.31. The van der Waals surface area contributed by atoms with Crippen LogP contribution in [0, 0.1) is 5.82 Å². The number of nitrogens with zero attached hydrogens (tertiary/aromatic N) is 1. The molecule has 3 aromatic carbocycles. The van der Waals surface area contributed by atoms with Crippen LogP contribution in [0.2, 0.25) is 0 Å². The lowest BCUT2D eigenvalue weighted by Gasteiger charge is -2.24. The molecule has 30 heavy (non-hydrogen) atoms. The number of ether oxygens (including phenoxy) is 3. The summed E-state index contributed by atoms with van der Waals surface area (Å²) in [7, 11) is 0. The van der Waals surface area contributed by atoms with Crippen molar-refractivity contribution in [1.29, 1.82) is 0 Å². The van der Waals surface area contributed by atoms with Crippen LogP contribution >= 0.6 is 0 Å². The van der Waals surface area contributed by atoms with Crippen molar-refractivity contribution in [2.45, 2.75) is 24.9 Å². The van der Waals surface area contributed by atoms with Crippen molar-refractivity contribution in [1.82, 2.24) is 0 Å². The zero-order chi connectivity index (χ0) is 20.5. The number of halogens is 1. The average Bonchev–Trinajstić information content (AvgIpc) is 3.57. The second-order valence-electron chi connectivity index (χ2n) is 7.35. The van der Waals surface area contributed by atoms with E-state index in [0.717, 1.165) is 16.9 Å². The Morgan fingerprint density at radius 3 is 2.33 bits per heavy atom. The maximum Gasteiger partial charge on any atom is 0.415 e. The number of epoxide rings is 1. The Kier molecular flexibility index (Phi) is 4.85. The summed E-state index contributed by atoms with van der Waals surface area (Å²) in [5, 5.41) is 0. The Hall–Kier alpha value is -3.38. The Labute approximate surface area is 173 Å². The topological polar surface area (TPSA) is 51.3 Å². The van der Waals surface area contributed by atoms with E-state index < -0.39 is 12.2 Å². The van der Waals surface area contributed by atoms with Crippen molar-refractivity contribution in [3.63, 3.8) is 0 Å². The van der Waals surface area contributed by atoms with E-state index in [4.69, 9.17) is 14.2 Å². The normalized spacial score (nSPS) is 22.6. The van der Waals surface area contributed by atoms with Crippen molar-refractivity contribution in [2.24, 2.45) is 0 Å². The standard InChI is InChI=1S/C24H20FNO4/c25-18-8-10-19(11-9-18)26-22(23(21-15-29-21)30-24(26)27)17-6-12-20(13-7-17)28-14-16-4-2-1-3-5-16/h1-13,21-23H,14-15H2. The van der Waals surface area contributed by atoms with Gasteiger partial charge in [-0.05, 0) is 47.5 Å². The molecule has 2 heterocycles. The summed E-state index contributed by atoms with van der Waals surface area (Å²) >= 11 is 0. The van der Waals surface area contributed by atoms with E-state index in [9.17, 15) is 9.18 Å². The minimum absolute atomic E-state index is 0.126. The van der Waals surface area contributed by atoms with Crippen LogP contribution in [0.25, 0.3) is 0 Å². The zero-order valence-electron chi connectivity index (χ0n) is 16.1. The molecule has 0 aliphatic carbocycles. The Balaban J connectivity index is 1.39. The number of carbonyl (C=O) groups excluding carboxylic acids is 1. The number of carbonyl (C=O) groups is 1. The fourth-order valence-corrected chi connectivity index (χ4v) is 3.73. The molecule has 0 spiro atoms. The lowest BCUT2D eigenvalue weighted by atomic mass is 9.98. The highest BCUT2D eigenvalue weighted by atomic mass is 19.1. The summed E-state index contributed by atoms with van der Waals surface area (Å²) in [6, 6.07) is 23.0. The van der Waals surface area contributed by atoms with Gasteiger partial charge in [-0.15, -0.1) is 0 Å². The van der Waals surface area contributed by atoms with E-state index in [2.05, 4.69) is 0 Å². The lowest BCUT2D eigenvalue weighted by molar-refractivity contribution is 0.110. The van der Waals surface area contributed by atoms with E-state index in [1.807, 2.05) is 54.6 Å². The second-order valence-corrected chi connectivity index (χ2v) is 7.35. The van der Waals surface area contributed by atoms with Crippen molar-refractivity contribution in [3.8, 4) is 5.75 Å². The van der Waals surface area contributed by atoms with Crippen molar-refractivity contribution in [3.05, 3.63) is 95.8 Å². The van der Waals surface area contributed by atoms with Gasteiger partial charge in [0, 0.05) is 5.69 Å². The summed E-state index contributed by atoms with van der Waals surface area (Å²) in [6.07, 6.45) is -1.01. The van der Waals surface area contributed by atoms with E-state index in [-0.39, 0.29) is 18.0 Å². The second kappa shape index (κ2) is 7.80. The van der Waals surface area contributed by atoms with Gasteiger partial charge < -0.3 is 14.2 Å². The first-order valence-corrected chi connectivity index (χ1v) is 9.83. The van der Waals surface area contributed by atoms with Crippen LogP contribution in [0.5, 0.6) is 5.75 Å². The van der Waals surface area contributed by atoms with E-state index in [0.29, 0.717) is 18.9 Å². The first-order chi connectivity index (χ1) is 14.7. The highest BCUT2D eigenvalue weighted by molar-refractivity contribution is 5.91. The highest BCUT2D eigenvalue weighted by Crippen LogP contribution is 2.42. The average molecular weight is 405 g/mol. The fourth-order valence-electron chi connectivity index (χ4n) is 3.73. The van der Waals surface area contributed by atoms with Gasteiger partial charge in [0.25, 0.3) is 0 Å². The molecule has 6 heteroatoms. The third kappa shape index (κ3) is 3.74. The molecule has 0 bridgehead atoms. The minimum Gasteiger partial charge on any atom is -0.489 e. The van der Waals surface area contributed by atoms with Crippen LogP contribution in [-0.2, 0) is 16.1 Å². The number of benzene rings is 3. The summed E-state index contributed by atoms with van der Waals surface area (Å²) in [6.45, 7) is 1.04. The van der Waals surface area contributed by atoms with Crippen LogP contribution in [0.1, 0.15) is 17.2 Å². The molecule has 2 saturated heterocycles. The van der Waals surface area contributed by atoms with Crippen LogP contribution in [-0.4, -0.2) is 24.9 Å². The molecule has 2 fully saturated rings. The smallest absolute Gasteiger partial charge is 0.415 e. The quantitative estimate of drug-likeness (QED) is 0.549. The van der Waals surface area contributed by atoms with Gasteiger partial charge in [0.15, 0.2) is 6.10 Å². The van der Waals surface area contributed by atoms with Crippen LogP contribution in [0.15, 0.2) is 78.9 Å². The van der Waals surface area contributed by atoms with Gasteiger partial charge in [0.05, 0.1) is 6.61 Å². The maximum atomic E-state index is 13.4. The molecule has 0 N–H and O–H groups in total. The van der Waals surface area contributed by atoms with E-state index >= 15 is 0 Å². The van der Waals surface area contributed by atoms with Crippen molar-refractivity contribution >= 4 is 11.8 Å². The molecule has 0 aromatic heterocycles. The predicted molar refractivity (Wildman–Crippen MR) is 109 cm³/mol. The molecule has 3 atom stereocenters.